The first-order valence-corrected chi connectivity index (χ1v) is 10.7. The maximum Gasteiger partial charge on any atom is 0.266 e. The van der Waals surface area contributed by atoms with Crippen molar-refractivity contribution in [3.8, 4) is 17.3 Å². The molecule has 8 heteroatoms. The van der Waals surface area contributed by atoms with Crippen LogP contribution in [0.4, 0.5) is 17.3 Å². The average molecular weight is 467 g/mol. The number of nitrogens with zero attached hydrogens (tertiary/aromatic N) is 4. The Morgan fingerprint density at radius 2 is 1.91 bits per heavy atom. The van der Waals surface area contributed by atoms with Crippen LogP contribution >= 0.6 is 11.6 Å². The summed E-state index contributed by atoms with van der Waals surface area (Å²) in [5.41, 5.74) is 4.48. The molecule has 0 aliphatic heterocycles. The zero-order valence-electron chi connectivity index (χ0n) is 18.2. The fourth-order valence-electron chi connectivity index (χ4n) is 3.12. The van der Waals surface area contributed by atoms with Crippen LogP contribution in [0.1, 0.15) is 11.1 Å². The van der Waals surface area contributed by atoms with Crippen molar-refractivity contribution in [1.82, 2.24) is 15.0 Å². The number of rotatable bonds is 6. The van der Waals surface area contributed by atoms with E-state index in [9.17, 15) is 10.1 Å². The summed E-state index contributed by atoms with van der Waals surface area (Å²) in [5, 5.41) is 16.0. The van der Waals surface area contributed by atoms with E-state index < -0.39 is 5.91 Å². The molecule has 2 aromatic heterocycles. The molecule has 0 saturated carbocycles. The van der Waals surface area contributed by atoms with Gasteiger partial charge in [-0.15, -0.1) is 0 Å². The van der Waals surface area contributed by atoms with Crippen molar-refractivity contribution in [3.05, 3.63) is 101 Å². The third-order valence-electron chi connectivity index (χ3n) is 4.90. The van der Waals surface area contributed by atoms with E-state index in [1.54, 1.807) is 55.0 Å². The third-order valence-corrected chi connectivity index (χ3v) is 5.15. The van der Waals surface area contributed by atoms with Crippen molar-refractivity contribution in [2.75, 3.05) is 10.6 Å². The highest BCUT2D eigenvalue weighted by Gasteiger charge is 2.11. The molecule has 0 fully saturated rings. The van der Waals surface area contributed by atoms with E-state index in [0.717, 1.165) is 22.5 Å². The molecule has 0 spiro atoms. The normalized spacial score (nSPS) is 10.9. The van der Waals surface area contributed by atoms with Crippen LogP contribution in [0.3, 0.4) is 0 Å². The van der Waals surface area contributed by atoms with Crippen LogP contribution in [0.5, 0.6) is 0 Å². The summed E-state index contributed by atoms with van der Waals surface area (Å²) in [4.78, 5) is 25.7. The summed E-state index contributed by atoms with van der Waals surface area (Å²) < 4.78 is 0. The minimum absolute atomic E-state index is 0.0232. The summed E-state index contributed by atoms with van der Waals surface area (Å²) in [6.07, 6.45) is 6.61. The van der Waals surface area contributed by atoms with Gasteiger partial charge < -0.3 is 10.6 Å². The summed E-state index contributed by atoms with van der Waals surface area (Å²) in [7, 11) is 0. The van der Waals surface area contributed by atoms with Gasteiger partial charge in [-0.2, -0.15) is 5.26 Å². The minimum Gasteiger partial charge on any atom is -0.324 e. The summed E-state index contributed by atoms with van der Waals surface area (Å²) in [6.45, 7) is 1.93. The molecule has 166 valence electrons. The predicted octanol–water partition coefficient (Wildman–Crippen LogP) is 5.79. The van der Waals surface area contributed by atoms with Crippen LogP contribution in [-0.4, -0.2) is 20.9 Å². The van der Waals surface area contributed by atoms with E-state index in [-0.39, 0.29) is 5.57 Å². The van der Waals surface area contributed by atoms with Crippen molar-refractivity contribution >= 4 is 40.9 Å². The fourth-order valence-corrected chi connectivity index (χ4v) is 3.25. The highest BCUT2D eigenvalue weighted by atomic mass is 35.5. The molecule has 7 nitrogen and oxygen atoms in total. The smallest absolute Gasteiger partial charge is 0.266 e. The quantitative estimate of drug-likeness (QED) is 0.275. The number of halogens is 1. The number of carbonyl (C=O) groups excluding carboxylic acids is 1. The van der Waals surface area contributed by atoms with E-state index >= 15 is 0 Å². The van der Waals surface area contributed by atoms with E-state index in [1.165, 1.54) is 6.08 Å². The van der Waals surface area contributed by atoms with E-state index in [2.05, 4.69) is 25.6 Å². The molecule has 0 bridgehead atoms. The van der Waals surface area contributed by atoms with Gasteiger partial charge in [-0.3, -0.25) is 9.78 Å². The Kier molecular flexibility index (Phi) is 6.92. The maximum atomic E-state index is 12.7. The lowest BCUT2D eigenvalue weighted by Crippen LogP contribution is -2.13. The number of hydrogen-bond donors (Lipinski definition) is 2. The van der Waals surface area contributed by atoms with Gasteiger partial charge in [0.05, 0.1) is 5.69 Å². The number of nitriles is 1. The number of nitrogens with one attached hydrogen (secondary N) is 2. The molecule has 0 aliphatic carbocycles. The standard InChI is InChI=1S/C26H19ClN6O/c1-17-4-9-22(31-25(34)20(15-28)13-18-5-7-21(27)8-6-18)14-24(17)33-26-30-12-10-23(32-26)19-3-2-11-29-16-19/h2-14,16H,1H3,(H,31,34)(H,30,32,33)/b20-13+. The summed E-state index contributed by atoms with van der Waals surface area (Å²) in [5.74, 6) is -0.102. The van der Waals surface area contributed by atoms with Gasteiger partial charge in [-0.05, 0) is 66.6 Å². The highest BCUT2D eigenvalue weighted by molar-refractivity contribution is 6.30. The Morgan fingerprint density at radius 3 is 2.65 bits per heavy atom. The minimum atomic E-state index is -0.512. The average Bonchev–Trinajstić information content (AvgIpc) is 2.86. The van der Waals surface area contributed by atoms with Crippen molar-refractivity contribution in [2.45, 2.75) is 6.92 Å². The molecule has 1 amide bonds. The molecule has 4 aromatic rings. The zero-order chi connectivity index (χ0) is 23.9. The Morgan fingerprint density at radius 1 is 1.09 bits per heavy atom. The molecule has 0 atom stereocenters. The van der Waals surface area contributed by atoms with Gasteiger partial charge in [0.25, 0.3) is 5.91 Å². The first-order chi connectivity index (χ1) is 16.5. The molecule has 0 aliphatic rings. The molecule has 2 aromatic carbocycles. The second kappa shape index (κ2) is 10.4. The Hall–Kier alpha value is -4.54. The van der Waals surface area contributed by atoms with Gasteiger partial charge in [0.2, 0.25) is 5.95 Å². The van der Waals surface area contributed by atoms with Crippen LogP contribution in [0.25, 0.3) is 17.3 Å². The van der Waals surface area contributed by atoms with Crippen LogP contribution in [0.15, 0.2) is 84.8 Å². The first kappa shape index (κ1) is 22.6. The Balaban J connectivity index is 1.53. The second-order valence-electron chi connectivity index (χ2n) is 7.34. The van der Waals surface area contributed by atoms with Gasteiger partial charge in [0.1, 0.15) is 11.6 Å². The molecule has 2 heterocycles. The largest absolute Gasteiger partial charge is 0.324 e. The number of aromatic nitrogens is 3. The lowest BCUT2D eigenvalue weighted by Gasteiger charge is -2.12. The number of amides is 1. The van der Waals surface area contributed by atoms with Crippen LogP contribution in [-0.2, 0) is 4.79 Å². The molecular weight excluding hydrogens is 448 g/mol. The molecule has 4 rings (SSSR count). The van der Waals surface area contributed by atoms with Gasteiger partial charge in [0, 0.05) is 40.6 Å². The van der Waals surface area contributed by atoms with E-state index in [4.69, 9.17) is 11.6 Å². The van der Waals surface area contributed by atoms with Crippen molar-refractivity contribution in [3.63, 3.8) is 0 Å². The maximum absolute atomic E-state index is 12.7. The molecule has 0 radical (unpaired) electrons. The third kappa shape index (κ3) is 5.63. The second-order valence-corrected chi connectivity index (χ2v) is 7.77. The number of hydrogen-bond acceptors (Lipinski definition) is 6. The van der Waals surface area contributed by atoms with Crippen LogP contribution in [0, 0.1) is 18.3 Å². The fraction of sp³-hybridized carbons (Fsp3) is 0.0385. The van der Waals surface area contributed by atoms with Gasteiger partial charge in [0.15, 0.2) is 0 Å². The van der Waals surface area contributed by atoms with E-state index in [0.29, 0.717) is 22.2 Å². The van der Waals surface area contributed by atoms with Crippen molar-refractivity contribution in [2.24, 2.45) is 0 Å². The number of benzene rings is 2. The first-order valence-electron chi connectivity index (χ1n) is 10.3. The molecule has 0 unspecified atom stereocenters. The monoisotopic (exact) mass is 466 g/mol. The number of aryl methyl sites for hydroxylation is 1. The topological polar surface area (TPSA) is 104 Å². The molecular formula is C26H19ClN6O. The molecule has 0 saturated heterocycles. The van der Waals surface area contributed by atoms with Gasteiger partial charge >= 0.3 is 0 Å². The molecule has 2 N–H and O–H groups in total. The van der Waals surface area contributed by atoms with E-state index in [1.807, 2.05) is 37.3 Å². The predicted molar refractivity (Wildman–Crippen MR) is 133 cm³/mol. The number of carbonyl (C=O) groups is 1. The van der Waals surface area contributed by atoms with Crippen molar-refractivity contribution < 1.29 is 4.79 Å². The zero-order valence-corrected chi connectivity index (χ0v) is 18.9. The highest BCUT2D eigenvalue weighted by Crippen LogP contribution is 2.24. The lowest BCUT2D eigenvalue weighted by atomic mass is 10.1. The SMILES string of the molecule is Cc1ccc(NC(=O)/C(C#N)=C/c2ccc(Cl)cc2)cc1Nc1nccc(-c2cccnc2)n1. The van der Waals surface area contributed by atoms with Crippen LogP contribution < -0.4 is 10.6 Å². The summed E-state index contributed by atoms with van der Waals surface area (Å²) >= 11 is 5.89. The van der Waals surface area contributed by atoms with Crippen LogP contribution in [0.2, 0.25) is 5.02 Å². The Labute approximate surface area is 201 Å². The summed E-state index contributed by atoms with van der Waals surface area (Å²) in [6, 6.07) is 19.8. The van der Waals surface area contributed by atoms with Gasteiger partial charge in [-0.25, -0.2) is 9.97 Å². The number of pyridine rings is 1. The lowest BCUT2D eigenvalue weighted by molar-refractivity contribution is -0.112. The Bertz CT molecular complexity index is 1400. The molecule has 34 heavy (non-hydrogen) atoms. The van der Waals surface area contributed by atoms with Gasteiger partial charge in [-0.1, -0.05) is 29.8 Å². The number of anilines is 3. The van der Waals surface area contributed by atoms with Crippen molar-refractivity contribution in [1.29, 1.82) is 5.26 Å².